The average Bonchev–Trinajstić information content (AvgIpc) is 2.59. The highest BCUT2D eigenvalue weighted by Crippen LogP contribution is 2.69. The molecule has 1 N–H and O–H groups in total. The highest BCUT2D eigenvalue weighted by molar-refractivity contribution is 6.42. The predicted molar refractivity (Wildman–Crippen MR) is 107 cm³/mol. The Bertz CT molecular complexity index is 941. The van der Waals surface area contributed by atoms with Crippen LogP contribution in [-0.4, -0.2) is 28.8 Å². The molecule has 0 aliphatic heterocycles. The van der Waals surface area contributed by atoms with Crippen LogP contribution in [0.4, 0.5) is 0 Å². The third-order valence-corrected chi connectivity index (χ3v) is 6.28. The number of nitrogens with zero attached hydrogens (tertiary/aromatic N) is 1. The van der Waals surface area contributed by atoms with Crippen LogP contribution in [0.25, 0.3) is 0 Å². The summed E-state index contributed by atoms with van der Waals surface area (Å²) in [6, 6.07) is 6.75. The Morgan fingerprint density at radius 2 is 1.89 bits per heavy atom. The summed E-state index contributed by atoms with van der Waals surface area (Å²) in [4.78, 5) is 28.8. The quantitative estimate of drug-likeness (QED) is 0.676. The number of amides is 1. The Morgan fingerprint density at radius 1 is 1.14 bits per heavy atom. The largest absolute Gasteiger partial charge is 0.484 e. The number of nitrogens with one attached hydrogen (secondary N) is 1. The average molecular weight is 419 g/mol. The van der Waals surface area contributed by atoms with Crippen molar-refractivity contribution in [3.05, 3.63) is 57.8 Å². The minimum atomic E-state index is -0.177. The maximum Gasteiger partial charge on any atom is 0.258 e. The number of Topliss-reactive ketones (excluding diaryl/α,β-unsaturated/α-hetero) is 1. The minimum Gasteiger partial charge on any atom is -0.484 e. The molecule has 0 unspecified atom stereocenters. The number of carbonyl (C=O) groups is 2. The van der Waals surface area contributed by atoms with Crippen molar-refractivity contribution in [1.29, 1.82) is 0 Å². The molecule has 3 aliphatic rings. The summed E-state index contributed by atoms with van der Waals surface area (Å²) in [6.45, 7) is 1.84. The van der Waals surface area contributed by atoms with Crippen LogP contribution < -0.4 is 10.1 Å². The first-order valence-electron chi connectivity index (χ1n) is 9.12. The van der Waals surface area contributed by atoms with Crippen molar-refractivity contribution in [3.8, 4) is 5.75 Å². The zero-order valence-electron chi connectivity index (χ0n) is 15.4. The molecule has 146 valence electrons. The van der Waals surface area contributed by atoms with Gasteiger partial charge in [0.2, 0.25) is 0 Å². The van der Waals surface area contributed by atoms with Gasteiger partial charge in [0.1, 0.15) is 5.75 Å². The molecule has 5 rings (SSSR count). The number of hydrogen-bond donors (Lipinski definition) is 1. The number of benzene rings is 1. The summed E-state index contributed by atoms with van der Waals surface area (Å²) in [6.07, 6.45) is 6.38. The fourth-order valence-corrected chi connectivity index (χ4v) is 4.80. The molecule has 1 heterocycles. The van der Waals surface area contributed by atoms with Crippen LogP contribution in [-0.2, 0) is 4.79 Å². The zero-order valence-corrected chi connectivity index (χ0v) is 16.9. The van der Waals surface area contributed by atoms with Crippen LogP contribution in [0.15, 0.2) is 36.7 Å². The number of ketones is 1. The molecule has 1 aromatic carbocycles. The number of hydrogen-bond acceptors (Lipinski definition) is 4. The molecule has 2 aromatic rings. The number of aryl methyl sites for hydroxylation is 1. The SMILES string of the molecule is Cc1cncc(C(=O)CC23CC(NC(=O)COc4ccc(Cl)c(Cl)c4)(C2)C3)c1. The van der Waals surface area contributed by atoms with E-state index in [1.54, 1.807) is 30.6 Å². The standard InChI is InChI=1S/C21H20Cl2N2O3/c1-13-4-14(8-24-7-13)18(26)6-20-10-21(11-20,12-20)25-19(27)9-28-15-2-3-16(22)17(23)5-15/h2-5,7-8H,6,9-12H2,1H3,(H,25,27). The molecule has 3 saturated carbocycles. The molecule has 3 fully saturated rings. The smallest absolute Gasteiger partial charge is 0.258 e. The van der Waals surface area contributed by atoms with E-state index in [4.69, 9.17) is 27.9 Å². The maximum absolute atomic E-state index is 12.5. The molecule has 5 nitrogen and oxygen atoms in total. The van der Waals surface area contributed by atoms with E-state index < -0.39 is 0 Å². The van der Waals surface area contributed by atoms with Crippen molar-refractivity contribution in [2.75, 3.05) is 6.61 Å². The van der Waals surface area contributed by atoms with Crippen molar-refractivity contribution >= 4 is 34.9 Å². The van der Waals surface area contributed by atoms with Crippen LogP contribution in [0.5, 0.6) is 5.75 Å². The second-order valence-corrected chi connectivity index (χ2v) is 8.89. The highest BCUT2D eigenvalue weighted by atomic mass is 35.5. The molecule has 0 atom stereocenters. The number of rotatable bonds is 7. The summed E-state index contributed by atoms with van der Waals surface area (Å²) < 4.78 is 5.48. The van der Waals surface area contributed by atoms with E-state index in [9.17, 15) is 9.59 Å². The molecule has 7 heteroatoms. The van der Waals surface area contributed by atoms with Gasteiger partial charge in [0, 0.05) is 36.0 Å². The molecular formula is C21H20Cl2N2O3. The molecular weight excluding hydrogens is 399 g/mol. The molecule has 0 saturated heterocycles. The maximum atomic E-state index is 12.5. The Hall–Kier alpha value is -2.11. The van der Waals surface area contributed by atoms with Crippen LogP contribution in [0.1, 0.15) is 41.6 Å². The molecule has 2 bridgehead atoms. The van der Waals surface area contributed by atoms with Gasteiger partial charge in [0.15, 0.2) is 12.4 Å². The van der Waals surface area contributed by atoms with Crippen LogP contribution >= 0.6 is 23.2 Å². The van der Waals surface area contributed by atoms with Gasteiger partial charge in [0.25, 0.3) is 5.91 Å². The number of carbonyl (C=O) groups excluding carboxylic acids is 2. The zero-order chi connectivity index (χ0) is 19.9. The molecule has 0 spiro atoms. The lowest BCUT2D eigenvalue weighted by atomic mass is 9.38. The van der Waals surface area contributed by atoms with Crippen LogP contribution in [0, 0.1) is 12.3 Å². The summed E-state index contributed by atoms with van der Waals surface area (Å²) in [5.74, 6) is 0.448. The lowest BCUT2D eigenvalue weighted by molar-refractivity contribution is -0.164. The number of pyridine rings is 1. The van der Waals surface area contributed by atoms with Crippen LogP contribution in [0.2, 0.25) is 10.0 Å². The van der Waals surface area contributed by atoms with Gasteiger partial charge < -0.3 is 10.1 Å². The molecule has 3 aliphatic carbocycles. The summed E-state index contributed by atoms with van der Waals surface area (Å²) in [5, 5.41) is 3.88. The van der Waals surface area contributed by atoms with Gasteiger partial charge in [-0.2, -0.15) is 0 Å². The van der Waals surface area contributed by atoms with Crippen molar-refractivity contribution in [2.45, 2.75) is 38.1 Å². The monoisotopic (exact) mass is 418 g/mol. The third-order valence-electron chi connectivity index (χ3n) is 5.54. The van der Waals surface area contributed by atoms with E-state index in [0.717, 1.165) is 24.8 Å². The lowest BCUT2D eigenvalue weighted by Crippen LogP contribution is -2.75. The van der Waals surface area contributed by atoms with Gasteiger partial charge in [0.05, 0.1) is 10.0 Å². The molecule has 28 heavy (non-hydrogen) atoms. The Labute approximate surface area is 173 Å². The van der Waals surface area contributed by atoms with E-state index in [2.05, 4.69) is 10.3 Å². The Balaban J connectivity index is 1.24. The van der Waals surface area contributed by atoms with Crippen molar-refractivity contribution < 1.29 is 14.3 Å². The van der Waals surface area contributed by atoms with Gasteiger partial charge in [-0.1, -0.05) is 23.2 Å². The minimum absolute atomic E-state index is 0.0265. The van der Waals surface area contributed by atoms with Gasteiger partial charge in [-0.15, -0.1) is 0 Å². The number of ether oxygens (including phenoxy) is 1. The fraction of sp³-hybridized carbons (Fsp3) is 0.381. The van der Waals surface area contributed by atoms with Crippen molar-refractivity contribution in [3.63, 3.8) is 0 Å². The highest BCUT2D eigenvalue weighted by Gasteiger charge is 2.68. The van der Waals surface area contributed by atoms with E-state index in [-0.39, 0.29) is 29.3 Å². The second-order valence-electron chi connectivity index (χ2n) is 8.07. The molecule has 0 radical (unpaired) electrons. The van der Waals surface area contributed by atoms with Gasteiger partial charge in [-0.3, -0.25) is 14.6 Å². The van der Waals surface area contributed by atoms with Gasteiger partial charge in [-0.05, 0) is 55.4 Å². The predicted octanol–water partition coefficient (Wildman–Crippen LogP) is 4.39. The van der Waals surface area contributed by atoms with Gasteiger partial charge >= 0.3 is 0 Å². The fourth-order valence-electron chi connectivity index (χ4n) is 4.52. The number of aromatic nitrogens is 1. The van der Waals surface area contributed by atoms with E-state index in [1.165, 1.54) is 0 Å². The van der Waals surface area contributed by atoms with Crippen molar-refractivity contribution in [2.24, 2.45) is 5.41 Å². The first-order chi connectivity index (χ1) is 13.3. The second kappa shape index (κ2) is 7.05. The topological polar surface area (TPSA) is 68.3 Å². The summed E-state index contributed by atoms with van der Waals surface area (Å²) in [7, 11) is 0. The van der Waals surface area contributed by atoms with E-state index in [1.807, 2.05) is 13.0 Å². The first kappa shape index (κ1) is 19.2. The summed E-state index contributed by atoms with van der Waals surface area (Å²) in [5.41, 5.74) is 1.49. The molecule has 1 aromatic heterocycles. The van der Waals surface area contributed by atoms with Crippen molar-refractivity contribution in [1.82, 2.24) is 10.3 Å². The lowest BCUT2D eigenvalue weighted by Gasteiger charge is -2.70. The van der Waals surface area contributed by atoms with E-state index >= 15 is 0 Å². The van der Waals surface area contributed by atoms with Gasteiger partial charge in [-0.25, -0.2) is 0 Å². The van der Waals surface area contributed by atoms with E-state index in [0.29, 0.717) is 27.8 Å². The van der Waals surface area contributed by atoms with Crippen LogP contribution in [0.3, 0.4) is 0 Å². The molecule has 1 amide bonds. The Kier molecular flexibility index (Phi) is 4.84. The Morgan fingerprint density at radius 3 is 2.57 bits per heavy atom. The summed E-state index contributed by atoms with van der Waals surface area (Å²) >= 11 is 11.8. The third kappa shape index (κ3) is 3.74. The first-order valence-corrected chi connectivity index (χ1v) is 9.88. The number of halogens is 2. The normalized spacial score (nSPS) is 24.7.